The third-order valence-corrected chi connectivity index (χ3v) is 0.703. The number of halogens is 5. The lowest BCUT2D eigenvalue weighted by Gasteiger charge is -2.14. The highest BCUT2D eigenvalue weighted by atomic mass is 19.4. The van der Waals surface area contributed by atoms with Crippen LogP contribution in [-0.2, 0) is 9.47 Å². The summed E-state index contributed by atoms with van der Waals surface area (Å²) in [5, 5.41) is 0. The third kappa shape index (κ3) is 5.99. The lowest BCUT2D eigenvalue weighted by Crippen LogP contribution is -2.30. The van der Waals surface area contributed by atoms with Crippen molar-refractivity contribution in [2.45, 2.75) is 12.5 Å². The fraction of sp³-hybridized carbons (Fsp3) is 1.00. The van der Waals surface area contributed by atoms with Crippen molar-refractivity contribution >= 4 is 0 Å². The van der Waals surface area contributed by atoms with Crippen molar-refractivity contribution in [1.29, 1.82) is 0 Å². The molecule has 0 fully saturated rings. The smallest absolute Gasteiger partial charge is 0.322 e. The Kier molecular flexibility index (Phi) is 3.18. The van der Waals surface area contributed by atoms with Crippen molar-refractivity contribution in [2.75, 3.05) is 13.7 Å². The van der Waals surface area contributed by atoms with Gasteiger partial charge in [-0.3, -0.25) is 4.74 Å². The average molecular weight is 180 g/mol. The van der Waals surface area contributed by atoms with Crippen LogP contribution in [0.15, 0.2) is 0 Å². The first-order valence-electron chi connectivity index (χ1n) is 2.40. The molecule has 0 aliphatic heterocycles. The van der Waals surface area contributed by atoms with E-state index >= 15 is 0 Å². The van der Waals surface area contributed by atoms with Gasteiger partial charge < -0.3 is 4.74 Å². The molecule has 7 heteroatoms. The van der Waals surface area contributed by atoms with Gasteiger partial charge in [0.1, 0.15) is 6.61 Å². The lowest BCUT2D eigenvalue weighted by atomic mass is 10.7. The predicted molar refractivity (Wildman–Crippen MR) is 24.0 cm³/mol. The van der Waals surface area contributed by atoms with Gasteiger partial charge in [-0.15, -0.1) is 13.2 Å². The van der Waals surface area contributed by atoms with E-state index in [4.69, 9.17) is 0 Å². The monoisotopic (exact) mass is 180 g/mol. The van der Waals surface area contributed by atoms with E-state index in [9.17, 15) is 22.0 Å². The van der Waals surface area contributed by atoms with Crippen LogP contribution in [0.5, 0.6) is 0 Å². The van der Waals surface area contributed by atoms with Gasteiger partial charge in [0, 0.05) is 7.11 Å². The molecule has 2 nitrogen and oxygen atoms in total. The topological polar surface area (TPSA) is 18.5 Å². The number of hydrogen-bond donors (Lipinski definition) is 0. The van der Waals surface area contributed by atoms with E-state index in [1.54, 1.807) is 0 Å². The summed E-state index contributed by atoms with van der Waals surface area (Å²) in [5.41, 5.74) is 0. The van der Waals surface area contributed by atoms with Crippen LogP contribution < -0.4 is 0 Å². The molecule has 0 aromatic rings. The first-order chi connectivity index (χ1) is 4.77. The van der Waals surface area contributed by atoms with Gasteiger partial charge in [0.2, 0.25) is 0 Å². The molecule has 0 rings (SSSR count). The normalized spacial score (nSPS) is 13.6. The maximum atomic E-state index is 11.8. The summed E-state index contributed by atoms with van der Waals surface area (Å²) in [6.45, 7) is -1.83. The minimum absolute atomic E-state index is 0.583. The van der Waals surface area contributed by atoms with E-state index in [0.29, 0.717) is 7.11 Å². The van der Waals surface area contributed by atoms with Crippen molar-refractivity contribution < 1.29 is 31.4 Å². The summed E-state index contributed by atoms with van der Waals surface area (Å²) in [4.78, 5) is 0. The second-order valence-electron chi connectivity index (χ2n) is 1.58. The van der Waals surface area contributed by atoms with Gasteiger partial charge in [0.25, 0.3) is 0 Å². The first-order valence-corrected chi connectivity index (χ1v) is 2.40. The molecule has 0 atom stereocenters. The van der Waals surface area contributed by atoms with Crippen molar-refractivity contribution in [3.05, 3.63) is 0 Å². The van der Waals surface area contributed by atoms with Crippen molar-refractivity contribution in [3.8, 4) is 0 Å². The summed E-state index contributed by atoms with van der Waals surface area (Å²) in [6, 6.07) is 0. The van der Waals surface area contributed by atoms with E-state index in [1.165, 1.54) is 0 Å². The van der Waals surface area contributed by atoms with E-state index in [0.717, 1.165) is 0 Å². The van der Waals surface area contributed by atoms with Gasteiger partial charge in [-0.25, -0.2) is 0 Å². The molecule has 0 aliphatic rings. The van der Waals surface area contributed by atoms with Crippen LogP contribution in [-0.4, -0.2) is 26.2 Å². The van der Waals surface area contributed by atoms with E-state index in [-0.39, 0.29) is 0 Å². The SMILES string of the molecule is COC(F)(F)COC(F)(F)F. The molecule has 0 heterocycles. The van der Waals surface area contributed by atoms with Crippen LogP contribution in [0.2, 0.25) is 0 Å². The maximum absolute atomic E-state index is 11.8. The summed E-state index contributed by atoms with van der Waals surface area (Å²) in [7, 11) is 0.583. The first kappa shape index (κ1) is 10.6. The van der Waals surface area contributed by atoms with Gasteiger partial charge in [0.05, 0.1) is 0 Å². The summed E-state index contributed by atoms with van der Waals surface area (Å²) in [5.74, 6) is 0. The zero-order valence-corrected chi connectivity index (χ0v) is 5.41. The van der Waals surface area contributed by atoms with E-state index in [2.05, 4.69) is 9.47 Å². The van der Waals surface area contributed by atoms with Crippen LogP contribution >= 0.6 is 0 Å². The van der Waals surface area contributed by atoms with E-state index < -0.39 is 19.1 Å². The Morgan fingerprint density at radius 1 is 1.09 bits per heavy atom. The van der Waals surface area contributed by atoms with Crippen LogP contribution in [0.1, 0.15) is 0 Å². The van der Waals surface area contributed by atoms with Crippen molar-refractivity contribution in [2.24, 2.45) is 0 Å². The Morgan fingerprint density at radius 3 is 1.82 bits per heavy atom. The van der Waals surface area contributed by atoms with Gasteiger partial charge in [-0.05, 0) is 0 Å². The third-order valence-electron chi connectivity index (χ3n) is 0.703. The minimum atomic E-state index is -5.05. The molecular weight excluding hydrogens is 175 g/mol. The fourth-order valence-electron chi connectivity index (χ4n) is 0.225. The molecule has 0 saturated heterocycles. The Bertz CT molecular complexity index is 120. The molecule has 0 radical (unpaired) electrons. The largest absolute Gasteiger partial charge is 0.522 e. The lowest BCUT2D eigenvalue weighted by molar-refractivity contribution is -0.366. The van der Waals surface area contributed by atoms with E-state index in [1.807, 2.05) is 0 Å². The molecule has 11 heavy (non-hydrogen) atoms. The highest BCUT2D eigenvalue weighted by molar-refractivity contribution is 4.48. The number of ether oxygens (including phenoxy) is 2. The summed E-state index contributed by atoms with van der Waals surface area (Å²) < 4.78 is 63.2. The summed E-state index contributed by atoms with van der Waals surface area (Å²) in [6.07, 6.45) is -8.95. The van der Waals surface area contributed by atoms with Crippen LogP contribution in [0.3, 0.4) is 0 Å². The van der Waals surface area contributed by atoms with Crippen molar-refractivity contribution in [1.82, 2.24) is 0 Å². The second kappa shape index (κ2) is 3.31. The Morgan fingerprint density at radius 2 is 1.55 bits per heavy atom. The molecule has 0 aromatic heterocycles. The molecule has 0 N–H and O–H groups in total. The maximum Gasteiger partial charge on any atom is 0.522 e. The number of methoxy groups -OCH3 is 1. The Labute approximate surface area is 58.9 Å². The van der Waals surface area contributed by atoms with Gasteiger partial charge in [-0.1, -0.05) is 0 Å². The number of hydrogen-bond acceptors (Lipinski definition) is 2. The molecule has 68 valence electrons. The predicted octanol–water partition coefficient (Wildman–Crippen LogP) is 1.76. The molecule has 0 saturated carbocycles. The molecule has 0 bridgehead atoms. The van der Waals surface area contributed by atoms with Crippen LogP contribution in [0, 0.1) is 0 Å². The molecule has 0 unspecified atom stereocenters. The quantitative estimate of drug-likeness (QED) is 0.616. The molecule has 0 aromatic carbocycles. The zero-order valence-electron chi connectivity index (χ0n) is 5.41. The summed E-state index contributed by atoms with van der Waals surface area (Å²) >= 11 is 0. The Hall–Kier alpha value is -0.430. The van der Waals surface area contributed by atoms with Gasteiger partial charge in [-0.2, -0.15) is 8.78 Å². The van der Waals surface area contributed by atoms with Crippen molar-refractivity contribution in [3.63, 3.8) is 0 Å². The number of alkyl halides is 5. The molecule has 0 spiro atoms. The average Bonchev–Trinajstić information content (AvgIpc) is 1.83. The zero-order chi connectivity index (χ0) is 9.12. The van der Waals surface area contributed by atoms with Gasteiger partial charge in [0.15, 0.2) is 0 Å². The highest BCUT2D eigenvalue weighted by Crippen LogP contribution is 2.21. The standard InChI is InChI=1S/C4H5F5O2/c1-10-3(5,6)2-11-4(7,8)9/h2H2,1H3. The molecule has 0 amide bonds. The Balaban J connectivity index is 3.70. The molecule has 0 aliphatic carbocycles. The number of rotatable bonds is 3. The van der Waals surface area contributed by atoms with Gasteiger partial charge >= 0.3 is 12.5 Å². The highest BCUT2D eigenvalue weighted by Gasteiger charge is 2.37. The second-order valence-corrected chi connectivity index (χ2v) is 1.58. The fourth-order valence-corrected chi connectivity index (χ4v) is 0.225. The molecular formula is C4H5F5O2. The minimum Gasteiger partial charge on any atom is -0.322 e. The van der Waals surface area contributed by atoms with Crippen LogP contribution in [0.25, 0.3) is 0 Å². The van der Waals surface area contributed by atoms with Crippen LogP contribution in [0.4, 0.5) is 22.0 Å².